The second kappa shape index (κ2) is 6.60. The molecule has 0 aliphatic heterocycles. The summed E-state index contributed by atoms with van der Waals surface area (Å²) in [6, 6.07) is 0. The molecule has 0 rings (SSSR count). The molecule has 0 heterocycles. The van der Waals surface area contributed by atoms with Gasteiger partial charge >= 0.3 is 17.9 Å². The molecule has 0 aromatic rings. The summed E-state index contributed by atoms with van der Waals surface area (Å²) in [5.41, 5.74) is -0.0374. The lowest BCUT2D eigenvalue weighted by Gasteiger charge is -2.10. The molecular formula is C10H14O6. The standard InChI is InChI=1S/C10H14O6/c1-6(9(12)14-3)5-8(11)16-7(2)10(13)15-4/h7H,1,5H2,2-4H3. The fraction of sp³-hybridized carbons (Fsp3) is 0.500. The van der Waals surface area contributed by atoms with Crippen LogP contribution in [0.3, 0.4) is 0 Å². The van der Waals surface area contributed by atoms with Crippen LogP contribution in [0.15, 0.2) is 12.2 Å². The Bertz CT molecular complexity index is 306. The first kappa shape index (κ1) is 14.2. The predicted octanol–water partition coefficient (Wildman–Crippen LogP) is 0.210. The molecule has 0 aromatic carbocycles. The first-order valence-corrected chi connectivity index (χ1v) is 4.45. The van der Waals surface area contributed by atoms with Crippen molar-refractivity contribution in [3.63, 3.8) is 0 Å². The van der Waals surface area contributed by atoms with E-state index in [-0.39, 0.29) is 12.0 Å². The van der Waals surface area contributed by atoms with Gasteiger partial charge in [0.05, 0.1) is 20.6 Å². The smallest absolute Gasteiger partial charge is 0.346 e. The number of ether oxygens (including phenoxy) is 3. The van der Waals surface area contributed by atoms with Gasteiger partial charge in [0.25, 0.3) is 0 Å². The molecule has 0 aliphatic rings. The molecule has 16 heavy (non-hydrogen) atoms. The molecule has 0 bridgehead atoms. The van der Waals surface area contributed by atoms with Gasteiger partial charge < -0.3 is 14.2 Å². The fourth-order valence-electron chi connectivity index (χ4n) is 0.844. The predicted molar refractivity (Wildman–Crippen MR) is 53.3 cm³/mol. The van der Waals surface area contributed by atoms with Crippen molar-refractivity contribution in [1.29, 1.82) is 0 Å². The van der Waals surface area contributed by atoms with Crippen LogP contribution in [0.4, 0.5) is 0 Å². The maximum Gasteiger partial charge on any atom is 0.346 e. The molecule has 0 radical (unpaired) electrons. The molecule has 0 amide bonds. The van der Waals surface area contributed by atoms with Gasteiger partial charge in [-0.25, -0.2) is 9.59 Å². The van der Waals surface area contributed by atoms with E-state index in [4.69, 9.17) is 0 Å². The van der Waals surface area contributed by atoms with Gasteiger partial charge in [-0.15, -0.1) is 0 Å². The Labute approximate surface area is 93.2 Å². The lowest BCUT2D eigenvalue weighted by molar-refractivity contribution is -0.164. The Morgan fingerprint density at radius 2 is 1.75 bits per heavy atom. The van der Waals surface area contributed by atoms with E-state index in [9.17, 15) is 14.4 Å². The van der Waals surface area contributed by atoms with E-state index in [2.05, 4.69) is 20.8 Å². The Kier molecular flexibility index (Phi) is 5.84. The third-order valence-electron chi connectivity index (χ3n) is 1.67. The molecule has 1 unspecified atom stereocenters. The van der Waals surface area contributed by atoms with E-state index >= 15 is 0 Å². The van der Waals surface area contributed by atoms with E-state index in [0.717, 1.165) is 0 Å². The number of carbonyl (C=O) groups is 3. The van der Waals surface area contributed by atoms with Crippen molar-refractivity contribution in [3.05, 3.63) is 12.2 Å². The summed E-state index contributed by atoms with van der Waals surface area (Å²) in [6.07, 6.45) is -1.34. The maximum atomic E-state index is 11.2. The summed E-state index contributed by atoms with van der Waals surface area (Å²) >= 11 is 0. The van der Waals surface area contributed by atoms with Crippen LogP contribution >= 0.6 is 0 Å². The minimum atomic E-state index is -1.01. The van der Waals surface area contributed by atoms with Crippen LogP contribution in [0.25, 0.3) is 0 Å². The van der Waals surface area contributed by atoms with Crippen LogP contribution in [0.5, 0.6) is 0 Å². The van der Waals surface area contributed by atoms with Gasteiger partial charge in [0, 0.05) is 5.57 Å². The molecule has 0 aromatic heterocycles. The van der Waals surface area contributed by atoms with Gasteiger partial charge in [-0.3, -0.25) is 4.79 Å². The Balaban J connectivity index is 4.14. The highest BCUT2D eigenvalue weighted by molar-refractivity contribution is 5.93. The van der Waals surface area contributed by atoms with Crippen LogP contribution in [-0.2, 0) is 28.6 Å². The third kappa shape index (κ3) is 4.59. The summed E-state index contributed by atoms with van der Waals surface area (Å²) in [6.45, 7) is 4.71. The van der Waals surface area contributed by atoms with Gasteiger partial charge in [0.15, 0.2) is 6.10 Å². The summed E-state index contributed by atoms with van der Waals surface area (Å²) in [5.74, 6) is -2.10. The highest BCUT2D eigenvalue weighted by Gasteiger charge is 2.20. The lowest BCUT2D eigenvalue weighted by Crippen LogP contribution is -2.25. The summed E-state index contributed by atoms with van der Waals surface area (Å²) in [4.78, 5) is 33.0. The third-order valence-corrected chi connectivity index (χ3v) is 1.67. The molecule has 0 fully saturated rings. The van der Waals surface area contributed by atoms with Gasteiger partial charge in [-0.1, -0.05) is 6.58 Å². The molecule has 1 atom stereocenters. The Hall–Kier alpha value is -1.85. The van der Waals surface area contributed by atoms with Crippen molar-refractivity contribution in [2.45, 2.75) is 19.4 Å². The zero-order valence-corrected chi connectivity index (χ0v) is 9.44. The van der Waals surface area contributed by atoms with Crippen LogP contribution in [0, 0.1) is 0 Å². The van der Waals surface area contributed by atoms with E-state index in [1.165, 1.54) is 21.1 Å². The number of rotatable bonds is 5. The quantitative estimate of drug-likeness (QED) is 0.381. The van der Waals surface area contributed by atoms with Crippen LogP contribution in [-0.4, -0.2) is 38.2 Å². The van der Waals surface area contributed by atoms with Crippen LogP contribution in [0.1, 0.15) is 13.3 Å². The topological polar surface area (TPSA) is 78.9 Å². The van der Waals surface area contributed by atoms with E-state index in [1.807, 2.05) is 0 Å². The molecule has 6 nitrogen and oxygen atoms in total. The first-order chi connectivity index (χ1) is 7.42. The SMILES string of the molecule is C=C(CC(=O)OC(C)C(=O)OC)C(=O)OC. The first-order valence-electron chi connectivity index (χ1n) is 4.45. The molecule has 0 spiro atoms. The zero-order valence-electron chi connectivity index (χ0n) is 9.44. The second-order valence-corrected chi connectivity index (χ2v) is 2.93. The van der Waals surface area contributed by atoms with Crippen LogP contribution < -0.4 is 0 Å². The van der Waals surface area contributed by atoms with Gasteiger partial charge in [0.1, 0.15) is 0 Å². The van der Waals surface area contributed by atoms with Gasteiger partial charge in [-0.05, 0) is 6.92 Å². The minimum Gasteiger partial charge on any atom is -0.466 e. The van der Waals surface area contributed by atoms with E-state index < -0.39 is 24.0 Å². The maximum absolute atomic E-state index is 11.2. The van der Waals surface area contributed by atoms with E-state index in [0.29, 0.717) is 0 Å². The van der Waals surface area contributed by atoms with Crippen molar-refractivity contribution < 1.29 is 28.6 Å². The number of carbonyl (C=O) groups excluding carboxylic acids is 3. The van der Waals surface area contributed by atoms with E-state index in [1.54, 1.807) is 0 Å². The highest BCUT2D eigenvalue weighted by Crippen LogP contribution is 2.04. The van der Waals surface area contributed by atoms with Crippen LogP contribution in [0.2, 0.25) is 0 Å². The molecule has 90 valence electrons. The fourth-order valence-corrected chi connectivity index (χ4v) is 0.844. The van der Waals surface area contributed by atoms with Crippen molar-refractivity contribution in [2.24, 2.45) is 0 Å². The lowest BCUT2D eigenvalue weighted by atomic mass is 10.2. The highest BCUT2D eigenvalue weighted by atomic mass is 16.6. The van der Waals surface area contributed by atoms with Gasteiger partial charge in [0.2, 0.25) is 0 Å². The number of hydrogen-bond acceptors (Lipinski definition) is 6. The largest absolute Gasteiger partial charge is 0.466 e. The number of esters is 3. The number of methoxy groups -OCH3 is 2. The molecule has 0 saturated heterocycles. The minimum absolute atomic E-state index is 0.0374. The van der Waals surface area contributed by atoms with Crippen molar-refractivity contribution >= 4 is 17.9 Å². The molecule has 0 saturated carbocycles. The van der Waals surface area contributed by atoms with Crippen molar-refractivity contribution in [3.8, 4) is 0 Å². The average molecular weight is 230 g/mol. The van der Waals surface area contributed by atoms with Crippen molar-refractivity contribution in [1.82, 2.24) is 0 Å². The van der Waals surface area contributed by atoms with Crippen molar-refractivity contribution in [2.75, 3.05) is 14.2 Å². The Morgan fingerprint density at radius 1 is 1.19 bits per heavy atom. The monoisotopic (exact) mass is 230 g/mol. The molecule has 0 aliphatic carbocycles. The molecular weight excluding hydrogens is 216 g/mol. The second-order valence-electron chi connectivity index (χ2n) is 2.93. The van der Waals surface area contributed by atoms with Gasteiger partial charge in [-0.2, -0.15) is 0 Å². The summed E-state index contributed by atoms with van der Waals surface area (Å²) in [7, 11) is 2.36. The summed E-state index contributed by atoms with van der Waals surface area (Å²) < 4.78 is 13.4. The normalized spacial score (nSPS) is 11.2. The number of hydrogen-bond donors (Lipinski definition) is 0. The Morgan fingerprint density at radius 3 is 2.19 bits per heavy atom. The zero-order chi connectivity index (χ0) is 12.7. The molecule has 0 N–H and O–H groups in total. The average Bonchev–Trinajstić information content (AvgIpc) is 2.26. The summed E-state index contributed by atoms with van der Waals surface area (Å²) in [5, 5.41) is 0. The molecule has 6 heteroatoms.